The molecule has 6 N–H and O–H groups in total. The van der Waals surface area contributed by atoms with E-state index in [9.17, 15) is 24.1 Å². The van der Waals surface area contributed by atoms with Crippen LogP contribution >= 0.6 is 7.60 Å². The molecule has 2 heterocycles. The summed E-state index contributed by atoms with van der Waals surface area (Å²) in [5, 5.41) is 33.2. The first-order valence-electron chi connectivity index (χ1n) is 14.5. The van der Waals surface area contributed by atoms with Crippen molar-refractivity contribution in [2.75, 3.05) is 12.7 Å². The summed E-state index contributed by atoms with van der Waals surface area (Å²) < 4.78 is 14.1. The number of benzene rings is 2. The molecular weight excluding hydrogens is 617 g/mol. The third-order valence-corrected chi connectivity index (χ3v) is 7.69. The minimum Gasteiger partial charge on any atom is -0.392 e. The molecule has 0 radical (unpaired) electrons. The van der Waals surface area contributed by atoms with Crippen LogP contribution in [0, 0.1) is 0 Å². The van der Waals surface area contributed by atoms with Crippen molar-refractivity contribution in [3.8, 4) is 0 Å². The average Bonchev–Trinajstić information content (AvgIpc) is 3.70. The molecule has 0 saturated heterocycles. The number of aliphatic hydroxyl groups is 1. The molecule has 3 amide bonds. The Kier molecular flexibility index (Phi) is 12.3. The molecule has 0 aliphatic rings. The van der Waals surface area contributed by atoms with Crippen LogP contribution in [-0.4, -0.2) is 81.4 Å². The molecule has 1 atom stereocenters. The Hall–Kier alpha value is -4.76. The maximum Gasteiger partial charge on any atom is 0.327 e. The molecule has 46 heavy (non-hydrogen) atoms. The molecule has 2 aromatic carbocycles. The second-order valence-corrected chi connectivity index (χ2v) is 12.2. The van der Waals surface area contributed by atoms with Crippen molar-refractivity contribution in [2.45, 2.75) is 51.5 Å². The number of hydrogen-bond donors (Lipinski definition) is 6. The van der Waals surface area contributed by atoms with Crippen LogP contribution in [0.2, 0.25) is 0 Å². The molecule has 2 aromatic heterocycles. The fraction of sp³-hybridized carbons (Fsp3) is 0.345. The summed E-state index contributed by atoms with van der Waals surface area (Å²) in [7, 11) is -4.21. The number of nitrogens with zero attached hydrogens (tertiary/aromatic N) is 6. The van der Waals surface area contributed by atoms with Crippen molar-refractivity contribution in [3.63, 3.8) is 0 Å². The van der Waals surface area contributed by atoms with Gasteiger partial charge in [-0.3, -0.25) is 23.6 Å². The van der Waals surface area contributed by atoms with E-state index in [4.69, 9.17) is 9.79 Å². The van der Waals surface area contributed by atoms with E-state index in [2.05, 4.69) is 36.6 Å². The van der Waals surface area contributed by atoms with E-state index in [1.54, 1.807) is 28.9 Å². The van der Waals surface area contributed by atoms with E-state index in [0.29, 0.717) is 35.5 Å². The van der Waals surface area contributed by atoms with Crippen LogP contribution < -0.4 is 16.0 Å². The highest BCUT2D eigenvalue weighted by atomic mass is 31.2. The SMILES string of the molecule is O=C(CCNC(=O)c1ccc(CO)cc1)N[C@@H](Cc1cnnn1CCc1ccccc1)C(=O)NCc1cn(CCP(=O)(O)O)nn1. The minimum atomic E-state index is -4.21. The molecule has 0 aliphatic carbocycles. The maximum absolute atomic E-state index is 13.3. The smallest absolute Gasteiger partial charge is 0.327 e. The van der Waals surface area contributed by atoms with Crippen molar-refractivity contribution in [2.24, 2.45) is 0 Å². The van der Waals surface area contributed by atoms with Gasteiger partial charge in [-0.2, -0.15) is 0 Å². The summed E-state index contributed by atoms with van der Waals surface area (Å²) >= 11 is 0. The summed E-state index contributed by atoms with van der Waals surface area (Å²) in [4.78, 5) is 56.9. The maximum atomic E-state index is 13.3. The minimum absolute atomic E-state index is 0.0229. The first-order valence-corrected chi connectivity index (χ1v) is 16.3. The lowest BCUT2D eigenvalue weighted by Gasteiger charge is -2.19. The zero-order chi connectivity index (χ0) is 32.9. The predicted octanol–water partition coefficient (Wildman–Crippen LogP) is -0.0539. The van der Waals surface area contributed by atoms with Crippen LogP contribution in [0.3, 0.4) is 0 Å². The van der Waals surface area contributed by atoms with Crippen LogP contribution in [0.15, 0.2) is 67.0 Å². The average molecular weight is 654 g/mol. The van der Waals surface area contributed by atoms with Gasteiger partial charge in [0.25, 0.3) is 5.91 Å². The fourth-order valence-corrected chi connectivity index (χ4v) is 4.87. The van der Waals surface area contributed by atoms with Crippen LogP contribution in [0.25, 0.3) is 0 Å². The van der Waals surface area contributed by atoms with E-state index in [-0.39, 0.29) is 45.0 Å². The molecule has 0 fully saturated rings. The van der Waals surface area contributed by atoms with E-state index in [1.165, 1.54) is 17.1 Å². The van der Waals surface area contributed by atoms with E-state index in [0.717, 1.165) is 5.56 Å². The summed E-state index contributed by atoms with van der Waals surface area (Å²) in [6.45, 7) is 0.298. The molecule has 244 valence electrons. The number of amides is 3. The van der Waals surface area contributed by atoms with Gasteiger partial charge < -0.3 is 30.8 Å². The Bertz CT molecular complexity index is 1640. The lowest BCUT2D eigenvalue weighted by Crippen LogP contribution is -2.48. The highest BCUT2D eigenvalue weighted by Crippen LogP contribution is 2.33. The van der Waals surface area contributed by atoms with Crippen molar-refractivity contribution < 1.29 is 33.8 Å². The first-order chi connectivity index (χ1) is 22.1. The second-order valence-electron chi connectivity index (χ2n) is 10.4. The lowest BCUT2D eigenvalue weighted by atomic mass is 10.1. The monoisotopic (exact) mass is 653 g/mol. The van der Waals surface area contributed by atoms with E-state index < -0.39 is 31.6 Å². The molecule has 0 spiro atoms. The molecule has 4 aromatic rings. The number of aromatic nitrogens is 6. The van der Waals surface area contributed by atoms with Crippen molar-refractivity contribution in [1.29, 1.82) is 0 Å². The van der Waals surface area contributed by atoms with Gasteiger partial charge in [0, 0.05) is 31.5 Å². The fourth-order valence-electron chi connectivity index (χ4n) is 4.41. The van der Waals surface area contributed by atoms with Crippen molar-refractivity contribution >= 4 is 25.3 Å². The molecule has 4 rings (SSSR count). The molecular formula is C29H36N9O7P. The third-order valence-electron chi connectivity index (χ3n) is 6.90. The molecule has 0 unspecified atom stereocenters. The van der Waals surface area contributed by atoms with Gasteiger partial charge in [-0.1, -0.05) is 52.9 Å². The zero-order valence-electron chi connectivity index (χ0n) is 24.9. The Morgan fingerprint density at radius 3 is 2.41 bits per heavy atom. The Morgan fingerprint density at radius 2 is 1.70 bits per heavy atom. The lowest BCUT2D eigenvalue weighted by molar-refractivity contribution is -0.129. The van der Waals surface area contributed by atoms with Gasteiger partial charge >= 0.3 is 7.60 Å². The summed E-state index contributed by atoms with van der Waals surface area (Å²) in [5.41, 5.74) is 3.13. The normalized spacial score (nSPS) is 12.0. The molecule has 0 bridgehead atoms. The number of carbonyl (C=O) groups is 3. The first kappa shape index (κ1) is 34.1. The number of hydrogen-bond acceptors (Lipinski definition) is 9. The molecule has 0 saturated carbocycles. The molecule has 0 aliphatic heterocycles. The van der Waals surface area contributed by atoms with Crippen molar-refractivity contribution in [1.82, 2.24) is 45.9 Å². The van der Waals surface area contributed by atoms with Crippen LogP contribution in [0.4, 0.5) is 0 Å². The molecule has 16 nitrogen and oxygen atoms in total. The number of rotatable bonds is 17. The standard InChI is InChI=1S/C29H36N9O7P/c39-20-22-6-8-23(9-7-22)28(41)30-12-10-27(40)33-26(16-25-18-32-35-38(25)13-11-21-4-2-1-3-5-21)29(42)31-17-24-19-37(36-34-24)14-15-46(43,44)45/h1-9,18-19,26,39H,10-17,20H2,(H,30,41)(H,31,42)(H,33,40)(H2,43,44,45)/t26-/m0/s1. The van der Waals surface area contributed by atoms with Crippen LogP contribution in [0.5, 0.6) is 0 Å². The summed E-state index contributed by atoms with van der Waals surface area (Å²) in [6.07, 6.45) is 3.26. The largest absolute Gasteiger partial charge is 0.392 e. The summed E-state index contributed by atoms with van der Waals surface area (Å²) in [6, 6.07) is 15.2. The third kappa shape index (κ3) is 11.0. The topological polar surface area (TPSA) is 226 Å². The number of aliphatic hydroxyl groups excluding tert-OH is 1. The highest BCUT2D eigenvalue weighted by Gasteiger charge is 2.24. The Labute approximate surface area is 264 Å². The van der Waals surface area contributed by atoms with Gasteiger partial charge in [-0.15, -0.1) is 10.2 Å². The van der Waals surface area contributed by atoms with Gasteiger partial charge in [0.1, 0.15) is 11.7 Å². The Morgan fingerprint density at radius 1 is 0.935 bits per heavy atom. The van der Waals surface area contributed by atoms with Crippen LogP contribution in [0.1, 0.15) is 39.3 Å². The van der Waals surface area contributed by atoms with Gasteiger partial charge in [-0.25, -0.2) is 4.68 Å². The zero-order valence-corrected chi connectivity index (χ0v) is 25.8. The number of aryl methyl sites for hydroxylation is 3. The van der Waals surface area contributed by atoms with Gasteiger partial charge in [-0.05, 0) is 29.7 Å². The second kappa shape index (κ2) is 16.5. The van der Waals surface area contributed by atoms with Gasteiger partial charge in [0.2, 0.25) is 11.8 Å². The van der Waals surface area contributed by atoms with Gasteiger partial charge in [0.05, 0.1) is 43.9 Å². The summed E-state index contributed by atoms with van der Waals surface area (Å²) in [5.74, 6) is -1.36. The number of carbonyl (C=O) groups excluding carboxylic acids is 3. The Balaban J connectivity index is 1.37. The molecule has 17 heteroatoms. The number of nitrogens with one attached hydrogen (secondary N) is 3. The quantitative estimate of drug-likeness (QED) is 0.0828. The predicted molar refractivity (Wildman–Crippen MR) is 164 cm³/mol. The van der Waals surface area contributed by atoms with Crippen molar-refractivity contribution in [3.05, 3.63) is 95.1 Å². The van der Waals surface area contributed by atoms with E-state index >= 15 is 0 Å². The highest BCUT2D eigenvalue weighted by molar-refractivity contribution is 7.51. The van der Waals surface area contributed by atoms with Crippen LogP contribution in [-0.2, 0) is 53.2 Å². The van der Waals surface area contributed by atoms with Gasteiger partial charge in [0.15, 0.2) is 0 Å². The van der Waals surface area contributed by atoms with E-state index in [1.807, 2.05) is 30.3 Å².